The number of aliphatic hydroxyl groups excluding tert-OH is 1. The molecule has 2 N–H and O–H groups in total. The largest absolute Gasteiger partial charge is 0.390 e. The second-order valence-electron chi connectivity index (χ2n) is 5.84. The minimum Gasteiger partial charge on any atom is -0.390 e. The van der Waals surface area contributed by atoms with E-state index < -0.39 is 22.4 Å². The number of likely N-dealkylation sites (tertiary alicyclic amines) is 1. The van der Waals surface area contributed by atoms with E-state index in [4.69, 9.17) is 0 Å². The Labute approximate surface area is 136 Å². The van der Waals surface area contributed by atoms with E-state index in [0.717, 1.165) is 21.6 Å². The Balaban J connectivity index is 1.94. The minimum absolute atomic E-state index is 0.441. The van der Waals surface area contributed by atoms with Gasteiger partial charge in [-0.1, -0.05) is 0 Å². The molecule has 9 heteroatoms. The van der Waals surface area contributed by atoms with Gasteiger partial charge in [0.25, 0.3) is 10.2 Å². The summed E-state index contributed by atoms with van der Waals surface area (Å²) in [6, 6.07) is -0.443. The van der Waals surface area contributed by atoms with Crippen molar-refractivity contribution >= 4 is 21.5 Å². The summed E-state index contributed by atoms with van der Waals surface area (Å²) >= 11 is 1.67. The normalized spacial score (nSPS) is 24.1. The van der Waals surface area contributed by atoms with Gasteiger partial charge in [-0.15, -0.1) is 11.3 Å². The maximum atomic E-state index is 11.8. The number of nitrogens with zero attached hydrogens (tertiary/aromatic N) is 3. The summed E-state index contributed by atoms with van der Waals surface area (Å²) in [5.74, 6) is 0. The zero-order valence-electron chi connectivity index (χ0n) is 13.4. The van der Waals surface area contributed by atoms with Crippen LogP contribution in [0.25, 0.3) is 0 Å². The molecule has 22 heavy (non-hydrogen) atoms. The molecule has 0 radical (unpaired) electrons. The van der Waals surface area contributed by atoms with Gasteiger partial charge >= 0.3 is 0 Å². The third-order valence-electron chi connectivity index (χ3n) is 3.82. The molecule has 0 unspecified atom stereocenters. The highest BCUT2D eigenvalue weighted by atomic mass is 32.2. The van der Waals surface area contributed by atoms with E-state index in [1.807, 2.05) is 13.8 Å². The van der Waals surface area contributed by atoms with Crippen molar-refractivity contribution in [2.24, 2.45) is 0 Å². The predicted molar refractivity (Wildman–Crippen MR) is 87.0 cm³/mol. The van der Waals surface area contributed by atoms with Crippen LogP contribution < -0.4 is 4.72 Å². The van der Waals surface area contributed by atoms with E-state index in [0.29, 0.717) is 19.5 Å². The lowest BCUT2D eigenvalue weighted by Gasteiger charge is -2.36. The molecule has 2 heterocycles. The summed E-state index contributed by atoms with van der Waals surface area (Å²) in [5, 5.41) is 11.3. The van der Waals surface area contributed by atoms with Crippen LogP contribution in [-0.2, 0) is 16.8 Å². The molecule has 126 valence electrons. The van der Waals surface area contributed by atoms with Crippen LogP contribution in [-0.4, -0.2) is 67.0 Å². The average molecular weight is 348 g/mol. The Morgan fingerprint density at radius 2 is 2.14 bits per heavy atom. The fourth-order valence-electron chi connectivity index (χ4n) is 2.51. The van der Waals surface area contributed by atoms with Gasteiger partial charge in [0.05, 0.1) is 22.8 Å². The third-order valence-corrected chi connectivity index (χ3v) is 6.31. The summed E-state index contributed by atoms with van der Waals surface area (Å²) in [7, 11) is -0.577. The van der Waals surface area contributed by atoms with E-state index in [2.05, 4.69) is 14.6 Å². The van der Waals surface area contributed by atoms with Crippen LogP contribution in [0.15, 0.2) is 0 Å². The Morgan fingerprint density at radius 3 is 2.64 bits per heavy atom. The molecule has 1 aromatic heterocycles. The Kier molecular flexibility index (Phi) is 5.57. The van der Waals surface area contributed by atoms with Crippen LogP contribution in [0.4, 0.5) is 0 Å². The highest BCUT2D eigenvalue weighted by molar-refractivity contribution is 7.87. The number of aryl methyl sites for hydroxylation is 2. The molecule has 0 amide bonds. The van der Waals surface area contributed by atoms with Crippen LogP contribution in [0, 0.1) is 13.8 Å². The summed E-state index contributed by atoms with van der Waals surface area (Å²) < 4.78 is 27.4. The van der Waals surface area contributed by atoms with Crippen LogP contribution in [0.2, 0.25) is 0 Å². The second-order valence-corrected chi connectivity index (χ2v) is 9.16. The first-order valence-electron chi connectivity index (χ1n) is 7.22. The first-order chi connectivity index (χ1) is 10.2. The molecular weight excluding hydrogens is 324 g/mol. The standard InChI is InChI=1S/C13H24N4O3S2/c1-9-12(14-10(2)21-9)7-17-6-5-11(13(18)8-17)15-22(19,20)16(3)4/h11,13,15,18H,5-8H2,1-4H3/t11-,13-/m1/s1. The first kappa shape index (κ1) is 17.8. The fourth-order valence-corrected chi connectivity index (χ4v) is 4.20. The molecule has 0 bridgehead atoms. The van der Waals surface area contributed by atoms with E-state index in [9.17, 15) is 13.5 Å². The molecule has 1 aromatic rings. The van der Waals surface area contributed by atoms with Gasteiger partial charge in [-0.05, 0) is 20.3 Å². The number of aromatic nitrogens is 1. The fraction of sp³-hybridized carbons (Fsp3) is 0.769. The van der Waals surface area contributed by atoms with Gasteiger partial charge in [-0.25, -0.2) is 4.98 Å². The monoisotopic (exact) mass is 348 g/mol. The van der Waals surface area contributed by atoms with Gasteiger partial charge < -0.3 is 5.11 Å². The number of rotatable bonds is 5. The molecule has 0 spiro atoms. The van der Waals surface area contributed by atoms with Crippen molar-refractivity contribution in [1.29, 1.82) is 0 Å². The highest BCUT2D eigenvalue weighted by Crippen LogP contribution is 2.20. The molecule has 0 aliphatic carbocycles. The molecular formula is C13H24N4O3S2. The van der Waals surface area contributed by atoms with Crippen molar-refractivity contribution in [1.82, 2.24) is 18.9 Å². The molecule has 7 nitrogen and oxygen atoms in total. The van der Waals surface area contributed by atoms with Gasteiger partial charge in [-0.2, -0.15) is 17.4 Å². The van der Waals surface area contributed by atoms with Crippen LogP contribution in [0.5, 0.6) is 0 Å². The molecule has 0 aromatic carbocycles. The van der Waals surface area contributed by atoms with Crippen LogP contribution in [0.1, 0.15) is 22.0 Å². The van der Waals surface area contributed by atoms with E-state index in [1.165, 1.54) is 19.0 Å². The lowest BCUT2D eigenvalue weighted by atomic mass is 10.0. The second kappa shape index (κ2) is 6.90. The Bertz CT molecular complexity index is 615. The van der Waals surface area contributed by atoms with Crippen molar-refractivity contribution in [2.75, 3.05) is 27.2 Å². The lowest BCUT2D eigenvalue weighted by Crippen LogP contribution is -2.55. The van der Waals surface area contributed by atoms with Crippen molar-refractivity contribution < 1.29 is 13.5 Å². The molecule has 2 rings (SSSR count). The predicted octanol–water partition coefficient (Wildman–Crippen LogP) is 0.0911. The van der Waals surface area contributed by atoms with Gasteiger partial charge in [0.15, 0.2) is 0 Å². The molecule has 1 aliphatic rings. The van der Waals surface area contributed by atoms with Crippen molar-refractivity contribution in [2.45, 2.75) is 39.0 Å². The maximum Gasteiger partial charge on any atom is 0.279 e. The quantitative estimate of drug-likeness (QED) is 0.788. The van der Waals surface area contributed by atoms with Crippen molar-refractivity contribution in [3.8, 4) is 0 Å². The lowest BCUT2D eigenvalue weighted by molar-refractivity contribution is 0.0436. The Hall–Kier alpha value is -0.580. The topological polar surface area (TPSA) is 85.8 Å². The minimum atomic E-state index is -3.52. The summed E-state index contributed by atoms with van der Waals surface area (Å²) in [6.45, 7) is 5.90. The van der Waals surface area contributed by atoms with Gasteiger partial charge in [0.1, 0.15) is 0 Å². The number of hydrogen-bond acceptors (Lipinski definition) is 6. The summed E-state index contributed by atoms with van der Waals surface area (Å²) in [6.07, 6.45) is -0.139. The first-order valence-corrected chi connectivity index (χ1v) is 9.48. The molecule has 0 saturated carbocycles. The highest BCUT2D eigenvalue weighted by Gasteiger charge is 2.31. The molecule has 2 atom stereocenters. The van der Waals surface area contributed by atoms with Gasteiger partial charge in [0, 0.05) is 38.6 Å². The molecule has 1 fully saturated rings. The number of β-amino-alcohol motifs (C(OH)–C–C–N with tert-alkyl or cyclic N) is 1. The van der Waals surface area contributed by atoms with E-state index in [1.54, 1.807) is 11.3 Å². The van der Waals surface area contributed by atoms with Gasteiger partial charge in [-0.3, -0.25) is 4.90 Å². The number of thiazole rings is 1. The smallest absolute Gasteiger partial charge is 0.279 e. The number of aliphatic hydroxyl groups is 1. The Morgan fingerprint density at radius 1 is 1.45 bits per heavy atom. The zero-order chi connectivity index (χ0) is 16.5. The number of piperidine rings is 1. The maximum absolute atomic E-state index is 11.8. The van der Waals surface area contributed by atoms with E-state index >= 15 is 0 Å². The van der Waals surface area contributed by atoms with Crippen molar-refractivity contribution in [3.05, 3.63) is 15.6 Å². The molecule has 1 aliphatic heterocycles. The third kappa shape index (κ3) is 4.24. The SMILES string of the molecule is Cc1nc(CN2CC[C@@H](NS(=O)(=O)N(C)C)[C@H](O)C2)c(C)s1. The molecule has 1 saturated heterocycles. The number of nitrogens with one attached hydrogen (secondary N) is 1. The zero-order valence-corrected chi connectivity index (χ0v) is 15.0. The van der Waals surface area contributed by atoms with E-state index in [-0.39, 0.29) is 0 Å². The summed E-state index contributed by atoms with van der Waals surface area (Å²) in [5.41, 5.74) is 1.04. The van der Waals surface area contributed by atoms with Crippen LogP contribution >= 0.6 is 11.3 Å². The summed E-state index contributed by atoms with van der Waals surface area (Å²) in [4.78, 5) is 7.82. The average Bonchev–Trinajstić information content (AvgIpc) is 2.71. The number of hydrogen-bond donors (Lipinski definition) is 2. The van der Waals surface area contributed by atoms with Gasteiger partial charge in [0.2, 0.25) is 0 Å². The van der Waals surface area contributed by atoms with Crippen LogP contribution in [0.3, 0.4) is 0 Å². The van der Waals surface area contributed by atoms with Crippen molar-refractivity contribution in [3.63, 3.8) is 0 Å².